The van der Waals surface area contributed by atoms with Crippen LogP contribution in [0.15, 0.2) is 47.2 Å². The number of amides is 2. The topological polar surface area (TPSA) is 115 Å². The van der Waals surface area contributed by atoms with Crippen molar-refractivity contribution in [3.05, 3.63) is 63.6 Å². The van der Waals surface area contributed by atoms with E-state index in [0.717, 1.165) is 3.57 Å². The van der Waals surface area contributed by atoms with Gasteiger partial charge in [-0.05, 0) is 34.7 Å². The van der Waals surface area contributed by atoms with E-state index in [9.17, 15) is 9.59 Å². The van der Waals surface area contributed by atoms with Crippen molar-refractivity contribution < 1.29 is 14.1 Å². The summed E-state index contributed by atoms with van der Waals surface area (Å²) in [7, 11) is 0. The number of nitrogens with one attached hydrogen (secondary N) is 2. The Balaban J connectivity index is 1.43. The highest BCUT2D eigenvalue weighted by molar-refractivity contribution is 14.1. The van der Waals surface area contributed by atoms with Crippen LogP contribution in [-0.2, 0) is 6.54 Å². The molecule has 0 spiro atoms. The van der Waals surface area contributed by atoms with Crippen LogP contribution in [0.5, 0.6) is 0 Å². The van der Waals surface area contributed by atoms with E-state index in [1.165, 1.54) is 0 Å². The van der Waals surface area contributed by atoms with Crippen molar-refractivity contribution in [2.45, 2.75) is 6.54 Å². The molecule has 0 saturated heterocycles. The van der Waals surface area contributed by atoms with Gasteiger partial charge in [0.15, 0.2) is 5.82 Å². The third-order valence-corrected chi connectivity index (χ3v) is 3.86. The number of carbonyl (C=O) groups excluding carboxylic acids is 2. The van der Waals surface area contributed by atoms with Crippen LogP contribution >= 0.6 is 22.6 Å². The summed E-state index contributed by atoms with van der Waals surface area (Å²) < 4.78 is 7.58. The van der Waals surface area contributed by atoms with Gasteiger partial charge in [0.1, 0.15) is 6.54 Å². The number of rotatable bonds is 7. The first kappa shape index (κ1) is 18.0. The lowest BCUT2D eigenvalue weighted by atomic mass is 10.2. The van der Waals surface area contributed by atoms with Crippen molar-refractivity contribution in [2.24, 2.45) is 0 Å². The largest absolute Gasteiger partial charge is 0.350 e. The molecule has 0 fully saturated rings. The number of aromatic nitrogens is 4. The number of carbonyl (C=O) groups is 2. The van der Waals surface area contributed by atoms with Gasteiger partial charge in [-0.3, -0.25) is 14.3 Å². The summed E-state index contributed by atoms with van der Waals surface area (Å²) in [5.74, 6) is -0.468. The van der Waals surface area contributed by atoms with E-state index in [-0.39, 0.29) is 24.9 Å². The van der Waals surface area contributed by atoms with Gasteiger partial charge in [-0.1, -0.05) is 23.4 Å². The molecule has 0 aliphatic rings. The zero-order valence-corrected chi connectivity index (χ0v) is 15.7. The fourth-order valence-corrected chi connectivity index (χ4v) is 2.55. The Morgan fingerprint density at radius 3 is 2.54 bits per heavy atom. The van der Waals surface area contributed by atoms with E-state index in [1.807, 2.05) is 12.3 Å². The molecule has 0 unspecified atom stereocenters. The van der Waals surface area contributed by atoms with Gasteiger partial charge < -0.3 is 15.2 Å². The molecular formula is C16H15IN6O3. The molecule has 10 heteroatoms. The first-order chi connectivity index (χ1) is 12.6. The normalized spacial score (nSPS) is 10.5. The molecule has 2 N–H and O–H groups in total. The second-order valence-electron chi connectivity index (χ2n) is 5.25. The molecule has 2 aromatic heterocycles. The lowest BCUT2D eigenvalue weighted by Crippen LogP contribution is -2.34. The Kier molecular flexibility index (Phi) is 5.94. The molecule has 0 radical (unpaired) electrons. The first-order valence-electron chi connectivity index (χ1n) is 7.74. The average Bonchev–Trinajstić information content (AvgIpc) is 3.28. The monoisotopic (exact) mass is 466 g/mol. The number of hydrogen-bond acceptors (Lipinski definition) is 6. The maximum Gasteiger partial charge on any atom is 0.316 e. The predicted octanol–water partition coefficient (Wildman–Crippen LogP) is 1.08. The van der Waals surface area contributed by atoms with Crippen molar-refractivity contribution in [1.29, 1.82) is 0 Å². The number of benzene rings is 1. The number of nitrogens with zero attached hydrogens (tertiary/aromatic N) is 4. The third-order valence-electron chi connectivity index (χ3n) is 3.30. The van der Waals surface area contributed by atoms with E-state index >= 15 is 0 Å². The van der Waals surface area contributed by atoms with Crippen LogP contribution in [0.1, 0.15) is 26.9 Å². The molecule has 26 heavy (non-hydrogen) atoms. The van der Waals surface area contributed by atoms with Crippen LogP contribution in [0.2, 0.25) is 0 Å². The lowest BCUT2D eigenvalue weighted by molar-refractivity contribution is 0.0898. The molecule has 0 aliphatic carbocycles. The quantitative estimate of drug-likeness (QED) is 0.398. The number of halogens is 1. The Morgan fingerprint density at radius 1 is 1.12 bits per heavy atom. The van der Waals surface area contributed by atoms with Crippen LogP contribution in [0.3, 0.4) is 0 Å². The van der Waals surface area contributed by atoms with E-state index in [1.54, 1.807) is 35.1 Å². The van der Waals surface area contributed by atoms with Gasteiger partial charge in [-0.25, -0.2) is 0 Å². The van der Waals surface area contributed by atoms with Gasteiger partial charge >= 0.3 is 11.8 Å². The van der Waals surface area contributed by atoms with Gasteiger partial charge in [0, 0.05) is 24.8 Å². The van der Waals surface area contributed by atoms with Gasteiger partial charge in [0.05, 0.1) is 9.77 Å². The third kappa shape index (κ3) is 4.88. The summed E-state index contributed by atoms with van der Waals surface area (Å²) in [6.45, 7) is 0.839. The van der Waals surface area contributed by atoms with Gasteiger partial charge in [0.2, 0.25) is 0 Å². The van der Waals surface area contributed by atoms with Crippen molar-refractivity contribution in [1.82, 2.24) is 30.6 Å². The SMILES string of the molecule is O=C(NCCNC(=O)c1nc(Cn2cc(I)cn2)no1)c1ccccc1. The average molecular weight is 466 g/mol. The van der Waals surface area contributed by atoms with Gasteiger partial charge in [0.25, 0.3) is 5.91 Å². The lowest BCUT2D eigenvalue weighted by Gasteiger charge is -2.05. The van der Waals surface area contributed by atoms with Crippen molar-refractivity contribution in [2.75, 3.05) is 13.1 Å². The Bertz CT molecular complexity index is 892. The molecule has 3 aromatic rings. The predicted molar refractivity (Wildman–Crippen MR) is 99.5 cm³/mol. The molecule has 0 atom stereocenters. The molecule has 3 rings (SSSR count). The summed E-state index contributed by atoms with van der Waals surface area (Å²) in [6.07, 6.45) is 3.53. The second-order valence-corrected chi connectivity index (χ2v) is 6.50. The van der Waals surface area contributed by atoms with Gasteiger partial charge in [-0.2, -0.15) is 10.1 Å². The molecular weight excluding hydrogens is 451 g/mol. The summed E-state index contributed by atoms with van der Waals surface area (Å²) >= 11 is 2.14. The van der Waals surface area contributed by atoms with Crippen LogP contribution in [0.25, 0.3) is 0 Å². The summed E-state index contributed by atoms with van der Waals surface area (Å²) in [5.41, 5.74) is 0.564. The summed E-state index contributed by atoms with van der Waals surface area (Å²) in [4.78, 5) is 27.9. The van der Waals surface area contributed by atoms with Crippen molar-refractivity contribution in [3.8, 4) is 0 Å². The second kappa shape index (κ2) is 8.56. The van der Waals surface area contributed by atoms with E-state index in [2.05, 4.69) is 48.5 Å². The highest BCUT2D eigenvalue weighted by Crippen LogP contribution is 2.04. The van der Waals surface area contributed by atoms with Crippen LogP contribution in [0.4, 0.5) is 0 Å². The van der Waals surface area contributed by atoms with Crippen LogP contribution in [0, 0.1) is 3.57 Å². The molecule has 0 saturated carbocycles. The zero-order chi connectivity index (χ0) is 18.4. The minimum atomic E-state index is -0.493. The Morgan fingerprint density at radius 2 is 1.85 bits per heavy atom. The highest BCUT2D eigenvalue weighted by atomic mass is 127. The zero-order valence-electron chi connectivity index (χ0n) is 13.6. The molecule has 0 bridgehead atoms. The fraction of sp³-hybridized carbons (Fsp3) is 0.188. The van der Waals surface area contributed by atoms with E-state index in [4.69, 9.17) is 4.52 Å². The van der Waals surface area contributed by atoms with Gasteiger partial charge in [-0.15, -0.1) is 0 Å². The van der Waals surface area contributed by atoms with Crippen molar-refractivity contribution >= 4 is 34.4 Å². The van der Waals surface area contributed by atoms with Crippen LogP contribution in [-0.4, -0.2) is 44.8 Å². The molecule has 134 valence electrons. The molecule has 9 nitrogen and oxygen atoms in total. The maximum absolute atomic E-state index is 12.0. The van der Waals surface area contributed by atoms with Crippen LogP contribution < -0.4 is 10.6 Å². The Hall–Kier alpha value is -2.76. The maximum atomic E-state index is 12.0. The Labute approximate surface area is 162 Å². The molecule has 1 aromatic carbocycles. The standard InChI is InChI=1S/C16H15IN6O3/c17-12-8-20-23(9-12)10-13-21-16(26-22-13)15(25)19-7-6-18-14(24)11-4-2-1-3-5-11/h1-5,8-9H,6-7,10H2,(H,18,24)(H,19,25). The highest BCUT2D eigenvalue weighted by Gasteiger charge is 2.15. The van der Waals surface area contributed by atoms with Crippen molar-refractivity contribution in [3.63, 3.8) is 0 Å². The smallest absolute Gasteiger partial charge is 0.316 e. The summed E-state index contributed by atoms with van der Waals surface area (Å²) in [5, 5.41) is 13.2. The summed E-state index contributed by atoms with van der Waals surface area (Å²) in [6, 6.07) is 8.84. The first-order valence-corrected chi connectivity index (χ1v) is 8.81. The minimum absolute atomic E-state index is 0.128. The number of hydrogen-bond donors (Lipinski definition) is 2. The van der Waals surface area contributed by atoms with E-state index < -0.39 is 5.91 Å². The molecule has 0 aliphatic heterocycles. The fourth-order valence-electron chi connectivity index (χ4n) is 2.10. The molecule has 2 amide bonds. The molecule has 2 heterocycles. The minimum Gasteiger partial charge on any atom is -0.350 e. The van der Waals surface area contributed by atoms with E-state index in [0.29, 0.717) is 17.9 Å².